The second kappa shape index (κ2) is 5.56. The minimum atomic E-state index is -1.06. The van der Waals surface area contributed by atoms with Crippen LogP contribution in [-0.4, -0.2) is 53.5 Å². The van der Waals surface area contributed by atoms with Gasteiger partial charge in [-0.25, -0.2) is 9.59 Å². The minimum absolute atomic E-state index is 0.456. The Morgan fingerprint density at radius 2 is 2.00 bits per heavy atom. The topological polar surface area (TPSA) is 76.1 Å². The third kappa shape index (κ3) is 3.60. The summed E-state index contributed by atoms with van der Waals surface area (Å²) in [6, 6.07) is -0.456. The molecule has 2 atom stereocenters. The smallest absolute Gasteiger partial charge is 0.410 e. The number of aliphatic carboxylic acids is 1. The Kier molecular flexibility index (Phi) is 4.56. The molecule has 1 rings (SSSR count). The number of hydrogen-bond donors (Lipinski definition) is 1. The molecule has 0 aromatic heterocycles. The van der Waals surface area contributed by atoms with Crippen LogP contribution < -0.4 is 0 Å². The van der Waals surface area contributed by atoms with Gasteiger partial charge in [-0.3, -0.25) is 0 Å². The van der Waals surface area contributed by atoms with Gasteiger partial charge in [0.2, 0.25) is 0 Å². The van der Waals surface area contributed by atoms with Gasteiger partial charge in [-0.05, 0) is 33.6 Å². The Morgan fingerprint density at radius 3 is 2.44 bits per heavy atom. The first-order valence-corrected chi connectivity index (χ1v) is 6.01. The molecule has 0 spiro atoms. The molecule has 1 N–H and O–H groups in total. The van der Waals surface area contributed by atoms with Crippen LogP contribution in [0.25, 0.3) is 0 Å². The monoisotopic (exact) mass is 259 g/mol. The van der Waals surface area contributed by atoms with Gasteiger partial charge in [0.1, 0.15) is 5.60 Å². The van der Waals surface area contributed by atoms with Crippen LogP contribution in [0.3, 0.4) is 0 Å². The Morgan fingerprint density at radius 1 is 1.39 bits per heavy atom. The highest BCUT2D eigenvalue weighted by molar-refractivity contribution is 5.76. The summed E-state index contributed by atoms with van der Waals surface area (Å²) in [7, 11) is 1.34. The summed E-state index contributed by atoms with van der Waals surface area (Å²) in [5, 5.41) is 9.06. The van der Waals surface area contributed by atoms with Crippen molar-refractivity contribution in [3.63, 3.8) is 0 Å². The van der Waals surface area contributed by atoms with Crippen molar-refractivity contribution in [2.24, 2.45) is 0 Å². The summed E-state index contributed by atoms with van der Waals surface area (Å²) < 4.78 is 10.2. The van der Waals surface area contributed by atoms with E-state index in [-0.39, 0.29) is 0 Å². The zero-order chi connectivity index (χ0) is 13.9. The van der Waals surface area contributed by atoms with Crippen LogP contribution in [0.2, 0.25) is 0 Å². The largest absolute Gasteiger partial charge is 0.479 e. The minimum Gasteiger partial charge on any atom is -0.479 e. The van der Waals surface area contributed by atoms with Gasteiger partial charge in [0.25, 0.3) is 0 Å². The number of rotatable bonds is 3. The number of amides is 1. The molecule has 1 aliphatic heterocycles. The molecule has 1 amide bonds. The number of nitrogens with zero attached hydrogens (tertiary/aromatic N) is 1. The maximum absolute atomic E-state index is 12.0. The maximum Gasteiger partial charge on any atom is 0.410 e. The van der Waals surface area contributed by atoms with Crippen molar-refractivity contribution >= 4 is 12.1 Å². The second-order valence-corrected chi connectivity index (χ2v) is 5.38. The van der Waals surface area contributed by atoms with Crippen LogP contribution in [0.15, 0.2) is 0 Å². The highest BCUT2D eigenvalue weighted by atomic mass is 16.6. The van der Waals surface area contributed by atoms with Crippen molar-refractivity contribution in [3.8, 4) is 0 Å². The van der Waals surface area contributed by atoms with E-state index in [9.17, 15) is 9.59 Å². The van der Waals surface area contributed by atoms with E-state index in [1.54, 1.807) is 20.8 Å². The van der Waals surface area contributed by atoms with Crippen molar-refractivity contribution in [2.75, 3.05) is 13.7 Å². The predicted octanol–water partition coefficient (Wildman–Crippen LogP) is 1.49. The summed E-state index contributed by atoms with van der Waals surface area (Å²) in [5.41, 5.74) is -0.587. The quantitative estimate of drug-likeness (QED) is 0.831. The Balaban J connectivity index is 2.75. The molecule has 1 saturated heterocycles. The molecule has 0 radical (unpaired) electrons. The molecule has 6 nitrogen and oxygen atoms in total. The molecule has 1 heterocycles. The van der Waals surface area contributed by atoms with Crippen LogP contribution in [0.5, 0.6) is 0 Å². The summed E-state index contributed by atoms with van der Waals surface area (Å²) in [6.07, 6.45) is -0.102. The van der Waals surface area contributed by atoms with Crippen LogP contribution in [0, 0.1) is 0 Å². The number of carbonyl (C=O) groups excluding carboxylic acids is 1. The molecule has 0 aliphatic carbocycles. The predicted molar refractivity (Wildman–Crippen MR) is 64.4 cm³/mol. The van der Waals surface area contributed by atoms with Crippen LogP contribution >= 0.6 is 0 Å². The average Bonchev–Trinajstić information content (AvgIpc) is 2.64. The molecule has 1 fully saturated rings. The highest BCUT2D eigenvalue weighted by Gasteiger charge is 2.40. The number of methoxy groups -OCH3 is 1. The van der Waals surface area contributed by atoms with Gasteiger partial charge < -0.3 is 19.5 Å². The summed E-state index contributed by atoms with van der Waals surface area (Å²) in [4.78, 5) is 24.5. The zero-order valence-electron chi connectivity index (χ0n) is 11.3. The van der Waals surface area contributed by atoms with Crippen molar-refractivity contribution < 1.29 is 24.2 Å². The molecule has 0 saturated carbocycles. The van der Waals surface area contributed by atoms with Crippen LogP contribution in [-0.2, 0) is 14.3 Å². The number of hydrogen-bond acceptors (Lipinski definition) is 4. The number of carboxylic acids is 1. The summed E-state index contributed by atoms with van der Waals surface area (Å²) in [5.74, 6) is -1.06. The lowest BCUT2D eigenvalue weighted by Gasteiger charge is -2.30. The van der Waals surface area contributed by atoms with Crippen molar-refractivity contribution in [3.05, 3.63) is 0 Å². The number of ether oxygens (including phenoxy) is 2. The van der Waals surface area contributed by atoms with E-state index >= 15 is 0 Å². The van der Waals surface area contributed by atoms with Crippen molar-refractivity contribution in [2.45, 2.75) is 51.4 Å². The van der Waals surface area contributed by atoms with E-state index in [0.717, 1.165) is 6.42 Å². The van der Waals surface area contributed by atoms with Gasteiger partial charge in [0.15, 0.2) is 6.10 Å². The van der Waals surface area contributed by atoms with Gasteiger partial charge in [-0.1, -0.05) is 0 Å². The maximum atomic E-state index is 12.0. The lowest BCUT2D eigenvalue weighted by Crippen LogP contribution is -2.48. The number of likely N-dealkylation sites (tertiary alicyclic amines) is 1. The second-order valence-electron chi connectivity index (χ2n) is 5.38. The first-order valence-electron chi connectivity index (χ1n) is 6.01. The van der Waals surface area contributed by atoms with E-state index in [4.69, 9.17) is 14.6 Å². The van der Waals surface area contributed by atoms with Crippen molar-refractivity contribution in [1.82, 2.24) is 4.90 Å². The molecular weight excluding hydrogens is 238 g/mol. The molecule has 0 aromatic rings. The zero-order valence-corrected chi connectivity index (χ0v) is 11.3. The van der Waals surface area contributed by atoms with E-state index in [0.29, 0.717) is 13.0 Å². The molecule has 1 aliphatic rings. The Bertz CT molecular complexity index is 323. The molecular formula is C12H21NO5. The molecule has 104 valence electrons. The van der Waals surface area contributed by atoms with E-state index in [1.165, 1.54) is 12.0 Å². The Labute approximate surface area is 107 Å². The fraction of sp³-hybridized carbons (Fsp3) is 0.833. The van der Waals surface area contributed by atoms with Gasteiger partial charge in [0.05, 0.1) is 6.04 Å². The fourth-order valence-corrected chi connectivity index (χ4v) is 2.08. The SMILES string of the molecule is CO[C@@H](C(=O)O)[C@H]1CCCN1C(=O)OC(C)(C)C. The van der Waals surface area contributed by atoms with Crippen molar-refractivity contribution in [1.29, 1.82) is 0 Å². The Hall–Kier alpha value is -1.30. The van der Waals surface area contributed by atoms with Gasteiger partial charge in [-0.15, -0.1) is 0 Å². The lowest BCUT2D eigenvalue weighted by atomic mass is 10.1. The van der Waals surface area contributed by atoms with E-state index in [1.807, 2.05) is 0 Å². The van der Waals surface area contributed by atoms with Gasteiger partial charge >= 0.3 is 12.1 Å². The number of carbonyl (C=O) groups is 2. The first-order chi connectivity index (χ1) is 8.26. The molecule has 18 heavy (non-hydrogen) atoms. The van der Waals surface area contributed by atoms with E-state index in [2.05, 4.69) is 0 Å². The average molecular weight is 259 g/mol. The van der Waals surface area contributed by atoms with E-state index < -0.39 is 29.8 Å². The molecule has 0 bridgehead atoms. The third-order valence-corrected chi connectivity index (χ3v) is 2.77. The first kappa shape index (κ1) is 14.8. The number of carboxylic acid groups (broad SMARTS) is 1. The molecule has 6 heteroatoms. The molecule has 0 aromatic carbocycles. The summed E-state index contributed by atoms with van der Waals surface area (Å²) >= 11 is 0. The lowest BCUT2D eigenvalue weighted by molar-refractivity contribution is -0.151. The van der Waals surface area contributed by atoms with Gasteiger partial charge in [0, 0.05) is 13.7 Å². The molecule has 0 unspecified atom stereocenters. The van der Waals surface area contributed by atoms with Crippen LogP contribution in [0.4, 0.5) is 4.79 Å². The van der Waals surface area contributed by atoms with Crippen LogP contribution in [0.1, 0.15) is 33.6 Å². The third-order valence-electron chi connectivity index (χ3n) is 2.77. The summed E-state index contributed by atoms with van der Waals surface area (Å²) in [6.45, 7) is 5.84. The fourth-order valence-electron chi connectivity index (χ4n) is 2.08. The normalized spacial score (nSPS) is 21.8. The van der Waals surface area contributed by atoms with Gasteiger partial charge in [-0.2, -0.15) is 0 Å². The standard InChI is InChI=1S/C12H21NO5/c1-12(2,3)18-11(16)13-7-5-6-8(13)9(17-4)10(14)15/h8-9H,5-7H2,1-4H3,(H,14,15)/t8-,9-/m1/s1. The highest BCUT2D eigenvalue weighted by Crippen LogP contribution is 2.24.